The number of amides is 2. The molecule has 1 aromatic heterocycles. The van der Waals surface area contributed by atoms with E-state index in [9.17, 15) is 9.59 Å². The number of rotatable bonds is 4. The van der Waals surface area contributed by atoms with E-state index in [1.807, 2.05) is 54.5 Å². The molecule has 6 heteroatoms. The van der Waals surface area contributed by atoms with E-state index < -0.39 is 0 Å². The van der Waals surface area contributed by atoms with Gasteiger partial charge in [-0.1, -0.05) is 17.7 Å². The molecule has 0 atom stereocenters. The minimum absolute atomic E-state index is 0.0348. The zero-order chi connectivity index (χ0) is 17.6. The molecule has 2 aromatic rings. The minimum Gasteiger partial charge on any atom is -0.368 e. The number of piperazine rings is 1. The SMILES string of the molecule is Cc1cccc(C(=O)NCC(=O)N2CCN(c3cc[nH+]cc3)CC2)c1. The number of benzene rings is 1. The van der Waals surface area contributed by atoms with Gasteiger partial charge in [0.25, 0.3) is 5.91 Å². The van der Waals surface area contributed by atoms with Crippen molar-refractivity contribution in [2.45, 2.75) is 6.92 Å². The maximum Gasteiger partial charge on any atom is 0.251 e. The molecule has 1 fully saturated rings. The Bertz CT molecular complexity index is 740. The van der Waals surface area contributed by atoms with Crippen molar-refractivity contribution in [3.8, 4) is 0 Å². The van der Waals surface area contributed by atoms with Crippen LogP contribution in [0.3, 0.4) is 0 Å². The smallest absolute Gasteiger partial charge is 0.251 e. The molecule has 6 nitrogen and oxygen atoms in total. The standard InChI is InChI=1S/C19H22N4O2/c1-15-3-2-4-16(13-15)19(25)21-14-18(24)23-11-9-22(10-12-23)17-5-7-20-8-6-17/h2-8,13H,9-12,14H2,1H3,(H,21,25)/p+1. The van der Waals surface area contributed by atoms with Crippen molar-refractivity contribution in [2.75, 3.05) is 37.6 Å². The Labute approximate surface area is 147 Å². The average Bonchev–Trinajstić information content (AvgIpc) is 2.66. The van der Waals surface area contributed by atoms with Gasteiger partial charge < -0.3 is 15.1 Å². The van der Waals surface area contributed by atoms with Crippen molar-refractivity contribution >= 4 is 17.5 Å². The van der Waals surface area contributed by atoms with Crippen LogP contribution in [0, 0.1) is 6.92 Å². The fraction of sp³-hybridized carbons (Fsp3) is 0.316. The van der Waals surface area contributed by atoms with E-state index in [0.29, 0.717) is 18.7 Å². The Kier molecular flexibility index (Phi) is 5.28. The van der Waals surface area contributed by atoms with Crippen molar-refractivity contribution in [1.82, 2.24) is 10.2 Å². The van der Waals surface area contributed by atoms with Gasteiger partial charge in [0.1, 0.15) is 0 Å². The first-order valence-corrected chi connectivity index (χ1v) is 8.47. The second-order valence-corrected chi connectivity index (χ2v) is 6.18. The van der Waals surface area contributed by atoms with E-state index in [1.165, 1.54) is 0 Å². The Morgan fingerprint density at radius 1 is 1.08 bits per heavy atom. The van der Waals surface area contributed by atoms with Gasteiger partial charge in [-0.15, -0.1) is 0 Å². The van der Waals surface area contributed by atoms with Gasteiger partial charge in [0, 0.05) is 49.6 Å². The molecule has 0 unspecified atom stereocenters. The summed E-state index contributed by atoms with van der Waals surface area (Å²) in [6.07, 6.45) is 3.79. The number of anilines is 1. The van der Waals surface area contributed by atoms with E-state index in [0.717, 1.165) is 24.3 Å². The van der Waals surface area contributed by atoms with Crippen LogP contribution < -0.4 is 15.2 Å². The second-order valence-electron chi connectivity index (χ2n) is 6.18. The van der Waals surface area contributed by atoms with Gasteiger partial charge in [0.15, 0.2) is 12.4 Å². The molecular formula is C19H23N4O2+. The van der Waals surface area contributed by atoms with Crippen LogP contribution in [-0.2, 0) is 4.79 Å². The molecule has 25 heavy (non-hydrogen) atoms. The number of carbonyl (C=O) groups is 2. The summed E-state index contributed by atoms with van der Waals surface area (Å²) >= 11 is 0. The first-order valence-electron chi connectivity index (χ1n) is 8.47. The number of aryl methyl sites for hydroxylation is 1. The Hall–Kier alpha value is -2.89. The first kappa shape index (κ1) is 17.0. The molecule has 1 aromatic carbocycles. The number of nitrogens with zero attached hydrogens (tertiary/aromatic N) is 2. The van der Waals surface area contributed by atoms with E-state index in [1.54, 1.807) is 6.07 Å². The molecule has 0 saturated carbocycles. The van der Waals surface area contributed by atoms with E-state index in [-0.39, 0.29) is 18.4 Å². The lowest BCUT2D eigenvalue weighted by molar-refractivity contribution is -0.377. The summed E-state index contributed by atoms with van der Waals surface area (Å²) in [4.78, 5) is 31.5. The molecular weight excluding hydrogens is 316 g/mol. The van der Waals surface area contributed by atoms with E-state index in [4.69, 9.17) is 0 Å². The van der Waals surface area contributed by atoms with Crippen molar-refractivity contribution in [3.63, 3.8) is 0 Å². The van der Waals surface area contributed by atoms with Crippen LogP contribution in [0.5, 0.6) is 0 Å². The molecule has 0 radical (unpaired) electrons. The number of hydrogen-bond acceptors (Lipinski definition) is 3. The number of carbonyl (C=O) groups excluding carboxylic acids is 2. The molecule has 1 saturated heterocycles. The molecule has 0 spiro atoms. The summed E-state index contributed by atoms with van der Waals surface area (Å²) in [5, 5.41) is 2.72. The summed E-state index contributed by atoms with van der Waals surface area (Å²) in [5.74, 6) is -0.252. The van der Waals surface area contributed by atoms with E-state index in [2.05, 4.69) is 15.2 Å². The molecule has 2 N–H and O–H groups in total. The summed E-state index contributed by atoms with van der Waals surface area (Å²) < 4.78 is 0. The van der Waals surface area contributed by atoms with Crippen LogP contribution in [0.25, 0.3) is 0 Å². The van der Waals surface area contributed by atoms with Gasteiger partial charge in [0.2, 0.25) is 5.91 Å². The van der Waals surface area contributed by atoms with Crippen LogP contribution in [-0.4, -0.2) is 49.4 Å². The molecule has 0 aliphatic carbocycles. The topological polar surface area (TPSA) is 66.8 Å². The Balaban J connectivity index is 1.47. The predicted octanol–water partition coefficient (Wildman–Crippen LogP) is 0.888. The fourth-order valence-corrected chi connectivity index (χ4v) is 2.96. The van der Waals surface area contributed by atoms with Crippen LogP contribution in [0.4, 0.5) is 5.69 Å². The van der Waals surface area contributed by atoms with Gasteiger partial charge >= 0.3 is 0 Å². The van der Waals surface area contributed by atoms with Crippen molar-refractivity contribution in [3.05, 3.63) is 59.9 Å². The molecule has 2 heterocycles. The highest BCUT2D eigenvalue weighted by molar-refractivity contribution is 5.96. The summed E-state index contributed by atoms with van der Waals surface area (Å²) in [6.45, 7) is 4.89. The molecule has 1 aliphatic rings. The fourth-order valence-electron chi connectivity index (χ4n) is 2.96. The summed E-state index contributed by atoms with van der Waals surface area (Å²) in [7, 11) is 0. The summed E-state index contributed by atoms with van der Waals surface area (Å²) in [6, 6.07) is 11.4. The highest BCUT2D eigenvalue weighted by Gasteiger charge is 2.21. The number of H-pyrrole nitrogens is 1. The number of aromatic amines is 1. The maximum absolute atomic E-state index is 12.3. The summed E-state index contributed by atoms with van der Waals surface area (Å²) in [5.41, 5.74) is 2.76. The average molecular weight is 339 g/mol. The molecule has 3 rings (SSSR count). The maximum atomic E-state index is 12.3. The third-order valence-corrected chi connectivity index (χ3v) is 4.38. The molecule has 130 valence electrons. The van der Waals surface area contributed by atoms with Gasteiger partial charge in [-0.05, 0) is 19.1 Å². The molecule has 0 bridgehead atoms. The van der Waals surface area contributed by atoms with Crippen molar-refractivity contribution in [2.24, 2.45) is 0 Å². The molecule has 2 amide bonds. The lowest BCUT2D eigenvalue weighted by atomic mass is 10.1. The van der Waals surface area contributed by atoms with Crippen LogP contribution in [0.15, 0.2) is 48.8 Å². The zero-order valence-electron chi connectivity index (χ0n) is 14.4. The highest BCUT2D eigenvalue weighted by atomic mass is 16.2. The largest absolute Gasteiger partial charge is 0.368 e. The third-order valence-electron chi connectivity index (χ3n) is 4.38. The van der Waals surface area contributed by atoms with Gasteiger partial charge in [-0.25, -0.2) is 4.98 Å². The number of nitrogens with one attached hydrogen (secondary N) is 2. The third kappa shape index (κ3) is 4.35. The van der Waals surface area contributed by atoms with Crippen molar-refractivity contribution < 1.29 is 14.6 Å². The second kappa shape index (κ2) is 7.79. The van der Waals surface area contributed by atoms with E-state index >= 15 is 0 Å². The first-order chi connectivity index (χ1) is 12.1. The predicted molar refractivity (Wildman–Crippen MR) is 95.3 cm³/mol. The van der Waals surface area contributed by atoms with Crippen molar-refractivity contribution in [1.29, 1.82) is 0 Å². The monoisotopic (exact) mass is 339 g/mol. The quantitative estimate of drug-likeness (QED) is 0.899. The number of hydrogen-bond donors (Lipinski definition) is 1. The Morgan fingerprint density at radius 3 is 2.48 bits per heavy atom. The van der Waals surface area contributed by atoms with Crippen LogP contribution in [0.2, 0.25) is 0 Å². The van der Waals surface area contributed by atoms with Gasteiger partial charge in [0.05, 0.1) is 6.54 Å². The van der Waals surface area contributed by atoms with Gasteiger partial charge in [-0.3, -0.25) is 9.59 Å². The zero-order valence-corrected chi connectivity index (χ0v) is 14.4. The number of aromatic nitrogens is 1. The molecule has 1 aliphatic heterocycles. The lowest BCUT2D eigenvalue weighted by Gasteiger charge is -2.35. The number of pyridine rings is 1. The highest BCUT2D eigenvalue weighted by Crippen LogP contribution is 2.14. The van der Waals surface area contributed by atoms with Crippen LogP contribution >= 0.6 is 0 Å². The Morgan fingerprint density at radius 2 is 1.80 bits per heavy atom. The van der Waals surface area contributed by atoms with Crippen LogP contribution in [0.1, 0.15) is 15.9 Å². The minimum atomic E-state index is -0.212. The van der Waals surface area contributed by atoms with Gasteiger partial charge in [-0.2, -0.15) is 0 Å². The lowest BCUT2D eigenvalue weighted by Crippen LogP contribution is -2.51. The normalized spacial score (nSPS) is 14.3.